The number of nitrogens with two attached hydrogens (primary N) is 1. The van der Waals surface area contributed by atoms with Crippen LogP contribution in [-0.2, 0) is 10.0 Å². The first-order valence-corrected chi connectivity index (χ1v) is 7.54. The molecule has 0 atom stereocenters. The molecule has 0 saturated carbocycles. The maximum absolute atomic E-state index is 12.9. The number of benzene rings is 1. The molecule has 0 fully saturated rings. The van der Waals surface area contributed by atoms with Crippen molar-refractivity contribution in [2.45, 2.75) is 6.42 Å². The number of nitrogens with one attached hydrogen (secondary N) is 1. The van der Waals surface area contributed by atoms with Crippen molar-refractivity contribution in [3.8, 4) is 0 Å². The summed E-state index contributed by atoms with van der Waals surface area (Å²) in [5.74, 6) is -1.05. The Balaban J connectivity index is 2.48. The molecule has 0 radical (unpaired) electrons. The molecule has 0 aliphatic heterocycles. The number of halogens is 2. The Labute approximate surface area is 113 Å². The van der Waals surface area contributed by atoms with Crippen molar-refractivity contribution >= 4 is 31.9 Å². The molecule has 100 valence electrons. The molecule has 5 nitrogen and oxygen atoms in total. The minimum atomic E-state index is -3.51. The van der Waals surface area contributed by atoms with Gasteiger partial charge in [0, 0.05) is 12.1 Å². The van der Waals surface area contributed by atoms with E-state index >= 15 is 0 Å². The van der Waals surface area contributed by atoms with Gasteiger partial charge < -0.3 is 5.32 Å². The number of amides is 1. The summed E-state index contributed by atoms with van der Waals surface area (Å²) in [6.45, 7) is 0.185. The van der Waals surface area contributed by atoms with Gasteiger partial charge in [0.1, 0.15) is 5.82 Å². The highest BCUT2D eigenvalue weighted by Crippen LogP contribution is 2.16. The molecule has 1 aromatic carbocycles. The third kappa shape index (κ3) is 5.11. The zero-order valence-electron chi connectivity index (χ0n) is 9.32. The Hall–Kier alpha value is -0.990. The monoisotopic (exact) mass is 338 g/mol. The van der Waals surface area contributed by atoms with E-state index in [1.165, 1.54) is 18.2 Å². The lowest BCUT2D eigenvalue weighted by atomic mass is 10.2. The molecule has 1 rings (SSSR count). The lowest BCUT2D eigenvalue weighted by Crippen LogP contribution is -2.27. The third-order valence-corrected chi connectivity index (χ3v) is 3.54. The Kier molecular flexibility index (Phi) is 5.24. The molecule has 0 bridgehead atoms. The third-order valence-electron chi connectivity index (χ3n) is 2.07. The molecule has 18 heavy (non-hydrogen) atoms. The fourth-order valence-corrected chi connectivity index (χ4v) is 2.14. The van der Waals surface area contributed by atoms with E-state index in [4.69, 9.17) is 5.14 Å². The van der Waals surface area contributed by atoms with Crippen LogP contribution in [0, 0.1) is 5.82 Å². The topological polar surface area (TPSA) is 89.3 Å². The molecule has 0 aliphatic carbocycles. The van der Waals surface area contributed by atoms with Crippen molar-refractivity contribution in [1.82, 2.24) is 5.32 Å². The summed E-state index contributed by atoms with van der Waals surface area (Å²) in [6, 6.07) is 3.86. The molecule has 1 amide bonds. The van der Waals surface area contributed by atoms with Crippen molar-refractivity contribution in [2.75, 3.05) is 12.3 Å². The molecule has 0 saturated heterocycles. The van der Waals surface area contributed by atoms with Crippen molar-refractivity contribution < 1.29 is 17.6 Å². The molecular weight excluding hydrogens is 327 g/mol. The van der Waals surface area contributed by atoms with Crippen LogP contribution in [0.4, 0.5) is 4.39 Å². The van der Waals surface area contributed by atoms with Crippen LogP contribution in [0.2, 0.25) is 0 Å². The maximum atomic E-state index is 12.9. The summed E-state index contributed by atoms with van der Waals surface area (Å²) in [4.78, 5) is 11.6. The van der Waals surface area contributed by atoms with Gasteiger partial charge in [0.15, 0.2) is 0 Å². The average molecular weight is 339 g/mol. The predicted molar refractivity (Wildman–Crippen MR) is 69.0 cm³/mol. The van der Waals surface area contributed by atoms with Gasteiger partial charge in [-0.3, -0.25) is 4.79 Å². The average Bonchev–Trinajstić information content (AvgIpc) is 2.26. The summed E-state index contributed by atoms with van der Waals surface area (Å²) in [5.41, 5.74) is 0.291. The van der Waals surface area contributed by atoms with E-state index in [2.05, 4.69) is 21.2 Å². The van der Waals surface area contributed by atoms with Crippen LogP contribution < -0.4 is 10.5 Å². The molecule has 0 heterocycles. The van der Waals surface area contributed by atoms with Crippen molar-refractivity contribution in [2.24, 2.45) is 5.14 Å². The summed E-state index contributed by atoms with van der Waals surface area (Å²) in [7, 11) is -3.51. The number of carbonyl (C=O) groups excluding carboxylic acids is 1. The molecule has 0 aliphatic rings. The molecule has 1 aromatic rings. The van der Waals surface area contributed by atoms with Crippen LogP contribution >= 0.6 is 15.9 Å². The first kappa shape index (κ1) is 15.1. The van der Waals surface area contributed by atoms with Crippen LogP contribution in [0.3, 0.4) is 0 Å². The van der Waals surface area contributed by atoms with Gasteiger partial charge in [-0.05, 0) is 40.5 Å². The number of sulfonamides is 1. The van der Waals surface area contributed by atoms with Crippen LogP contribution in [-0.4, -0.2) is 26.6 Å². The van der Waals surface area contributed by atoms with E-state index in [-0.39, 0.29) is 23.2 Å². The van der Waals surface area contributed by atoms with Crippen molar-refractivity contribution in [3.05, 3.63) is 34.1 Å². The molecule has 0 unspecified atom stereocenters. The summed E-state index contributed by atoms with van der Waals surface area (Å²) < 4.78 is 34.4. The Morgan fingerprint density at radius 1 is 1.44 bits per heavy atom. The number of carbonyl (C=O) groups is 1. The highest BCUT2D eigenvalue weighted by molar-refractivity contribution is 9.10. The molecule has 3 N–H and O–H groups in total. The van der Waals surface area contributed by atoms with Gasteiger partial charge in [0.25, 0.3) is 5.91 Å². The van der Waals surface area contributed by atoms with E-state index in [0.29, 0.717) is 5.56 Å². The van der Waals surface area contributed by atoms with Gasteiger partial charge in [-0.1, -0.05) is 0 Å². The first-order chi connectivity index (χ1) is 8.29. The maximum Gasteiger partial charge on any atom is 0.251 e. The zero-order chi connectivity index (χ0) is 13.8. The minimum absolute atomic E-state index is 0.185. The number of rotatable bonds is 5. The number of hydrogen-bond acceptors (Lipinski definition) is 3. The molecule has 8 heteroatoms. The SMILES string of the molecule is NS(=O)(=O)CCCNC(=O)c1ccc(F)c(Br)c1. The van der Waals surface area contributed by atoms with E-state index < -0.39 is 21.7 Å². The van der Waals surface area contributed by atoms with Crippen LogP contribution in [0.1, 0.15) is 16.8 Å². The fraction of sp³-hybridized carbons (Fsp3) is 0.300. The molecule has 0 spiro atoms. The Bertz CT molecular complexity index is 548. The molecule has 0 aromatic heterocycles. The van der Waals surface area contributed by atoms with Gasteiger partial charge >= 0.3 is 0 Å². The number of primary sulfonamides is 1. The second-order valence-electron chi connectivity index (χ2n) is 3.61. The summed E-state index contributed by atoms with van der Waals surface area (Å²) in [5, 5.41) is 7.33. The fourth-order valence-electron chi connectivity index (χ4n) is 1.21. The summed E-state index contributed by atoms with van der Waals surface area (Å²) in [6.07, 6.45) is 0.229. The second kappa shape index (κ2) is 6.26. The molecular formula is C10H12BrFN2O3S. The smallest absolute Gasteiger partial charge is 0.251 e. The highest BCUT2D eigenvalue weighted by Gasteiger charge is 2.08. The van der Waals surface area contributed by atoms with E-state index in [0.717, 1.165) is 0 Å². The van der Waals surface area contributed by atoms with Crippen LogP contribution in [0.5, 0.6) is 0 Å². The Morgan fingerprint density at radius 3 is 2.67 bits per heavy atom. The second-order valence-corrected chi connectivity index (χ2v) is 6.19. The quantitative estimate of drug-likeness (QED) is 0.784. The first-order valence-electron chi connectivity index (χ1n) is 5.03. The van der Waals surface area contributed by atoms with Gasteiger partial charge in [-0.2, -0.15) is 0 Å². The van der Waals surface area contributed by atoms with Crippen molar-refractivity contribution in [3.63, 3.8) is 0 Å². The standard InChI is InChI=1S/C10H12BrFN2O3S/c11-8-6-7(2-3-9(8)12)10(15)14-4-1-5-18(13,16)17/h2-3,6H,1,4-5H2,(H,14,15)(H2,13,16,17). The normalized spacial score (nSPS) is 11.3. The van der Waals surface area contributed by atoms with Gasteiger partial charge in [0.2, 0.25) is 10.0 Å². The largest absolute Gasteiger partial charge is 0.352 e. The zero-order valence-corrected chi connectivity index (χ0v) is 11.7. The lowest BCUT2D eigenvalue weighted by Gasteiger charge is -2.05. The van der Waals surface area contributed by atoms with E-state index in [9.17, 15) is 17.6 Å². The lowest BCUT2D eigenvalue weighted by molar-refractivity contribution is 0.0953. The highest BCUT2D eigenvalue weighted by atomic mass is 79.9. The van der Waals surface area contributed by atoms with Gasteiger partial charge in [0.05, 0.1) is 10.2 Å². The van der Waals surface area contributed by atoms with E-state index in [1.54, 1.807) is 0 Å². The predicted octanol–water partition coefficient (Wildman–Crippen LogP) is 0.997. The Morgan fingerprint density at radius 2 is 2.11 bits per heavy atom. The summed E-state index contributed by atoms with van der Waals surface area (Å²) >= 11 is 2.97. The van der Waals surface area contributed by atoms with Gasteiger partial charge in [-0.15, -0.1) is 0 Å². The van der Waals surface area contributed by atoms with E-state index in [1.807, 2.05) is 0 Å². The minimum Gasteiger partial charge on any atom is -0.352 e. The van der Waals surface area contributed by atoms with Crippen molar-refractivity contribution in [1.29, 1.82) is 0 Å². The number of hydrogen-bond donors (Lipinski definition) is 2. The van der Waals surface area contributed by atoms with Gasteiger partial charge in [-0.25, -0.2) is 17.9 Å². The van der Waals surface area contributed by atoms with Crippen LogP contribution in [0.15, 0.2) is 22.7 Å². The van der Waals surface area contributed by atoms with Crippen LogP contribution in [0.25, 0.3) is 0 Å².